The van der Waals surface area contributed by atoms with Gasteiger partial charge in [0.2, 0.25) is 5.91 Å². The van der Waals surface area contributed by atoms with Gasteiger partial charge in [0, 0.05) is 30.4 Å². The lowest BCUT2D eigenvalue weighted by atomic mass is 10.2. The van der Waals surface area contributed by atoms with Crippen molar-refractivity contribution in [2.45, 2.75) is 6.04 Å². The molecule has 120 valence electrons. The molecule has 0 aliphatic rings. The fraction of sp³-hybridized carbons (Fsp3) is 0.250. The van der Waals surface area contributed by atoms with E-state index in [0.29, 0.717) is 4.88 Å². The van der Waals surface area contributed by atoms with Crippen LogP contribution in [-0.2, 0) is 16.6 Å². The minimum absolute atomic E-state index is 0.0505. The summed E-state index contributed by atoms with van der Waals surface area (Å²) in [5, 5.41) is 4.74. The van der Waals surface area contributed by atoms with Crippen LogP contribution in [0.3, 0.4) is 0 Å². The molecule has 0 aliphatic heterocycles. The molecular weight excluding hydrogens is 314 g/mol. The number of fused-ring (bicyclic) bond motifs is 3. The maximum absolute atomic E-state index is 12.4. The fourth-order valence-electron chi connectivity index (χ4n) is 2.63. The molecule has 0 aliphatic carbocycles. The van der Waals surface area contributed by atoms with Crippen LogP contribution in [0.4, 0.5) is 0 Å². The highest BCUT2D eigenvalue weighted by atomic mass is 32.1. The maximum atomic E-state index is 12.4. The predicted molar refractivity (Wildman–Crippen MR) is 90.6 cm³/mol. The van der Waals surface area contributed by atoms with Gasteiger partial charge in [-0.15, -0.1) is 11.3 Å². The van der Waals surface area contributed by atoms with Crippen LogP contribution in [-0.4, -0.2) is 36.1 Å². The first-order chi connectivity index (χ1) is 11.0. The second-order valence-electron chi connectivity index (χ2n) is 5.29. The highest BCUT2D eigenvalue weighted by molar-refractivity contribution is 7.20. The van der Waals surface area contributed by atoms with Gasteiger partial charge < -0.3 is 20.4 Å². The van der Waals surface area contributed by atoms with Gasteiger partial charge in [0.25, 0.3) is 5.91 Å². The van der Waals surface area contributed by atoms with Gasteiger partial charge in [0.15, 0.2) is 0 Å². The Hall–Kier alpha value is -2.38. The van der Waals surface area contributed by atoms with Crippen molar-refractivity contribution in [2.24, 2.45) is 12.8 Å². The number of nitrogens with one attached hydrogen (secondary N) is 1. The third-order valence-corrected chi connectivity index (χ3v) is 4.99. The van der Waals surface area contributed by atoms with E-state index >= 15 is 0 Å². The van der Waals surface area contributed by atoms with Gasteiger partial charge >= 0.3 is 0 Å². The van der Waals surface area contributed by atoms with Crippen LogP contribution in [0, 0.1) is 0 Å². The number of benzene rings is 1. The number of nitrogens with zero attached hydrogens (tertiary/aromatic N) is 1. The number of hydrogen-bond donors (Lipinski definition) is 2. The summed E-state index contributed by atoms with van der Waals surface area (Å²) in [5.74, 6) is -0.942. The predicted octanol–water partition coefficient (Wildman–Crippen LogP) is 1.62. The topological polar surface area (TPSA) is 86.3 Å². The van der Waals surface area contributed by atoms with E-state index < -0.39 is 11.9 Å². The van der Waals surface area contributed by atoms with Gasteiger partial charge in [-0.25, -0.2) is 0 Å². The Morgan fingerprint density at radius 1 is 1.35 bits per heavy atom. The molecule has 23 heavy (non-hydrogen) atoms. The van der Waals surface area contributed by atoms with Crippen molar-refractivity contribution >= 4 is 44.3 Å². The van der Waals surface area contributed by atoms with Crippen LogP contribution < -0.4 is 11.1 Å². The summed E-state index contributed by atoms with van der Waals surface area (Å²) in [4.78, 5) is 25.3. The minimum atomic E-state index is -0.838. The first-order valence-corrected chi connectivity index (χ1v) is 7.90. The Bertz CT molecular complexity index is 897. The molecule has 0 saturated heterocycles. The summed E-state index contributed by atoms with van der Waals surface area (Å²) in [6.45, 7) is 0.0505. The second kappa shape index (κ2) is 6.02. The highest BCUT2D eigenvalue weighted by Gasteiger charge is 2.21. The lowest BCUT2D eigenvalue weighted by Gasteiger charge is -2.13. The fourth-order valence-corrected chi connectivity index (χ4v) is 3.68. The average Bonchev–Trinajstić information content (AvgIpc) is 3.07. The molecule has 1 aromatic carbocycles. The summed E-state index contributed by atoms with van der Waals surface area (Å²) < 4.78 is 6.97. The Balaban J connectivity index is 1.96. The number of para-hydroxylation sites is 1. The molecule has 1 atom stereocenters. The molecule has 6 nitrogen and oxygen atoms in total. The number of carbonyl (C=O) groups excluding carboxylic acids is 2. The van der Waals surface area contributed by atoms with Crippen LogP contribution >= 0.6 is 11.3 Å². The van der Waals surface area contributed by atoms with E-state index in [1.54, 1.807) is 0 Å². The molecule has 0 fully saturated rings. The van der Waals surface area contributed by atoms with Crippen LogP contribution in [0.5, 0.6) is 0 Å². The number of ether oxygens (including phenoxy) is 1. The minimum Gasteiger partial charge on any atom is -0.382 e. The average molecular weight is 331 g/mol. The molecule has 3 rings (SSSR count). The normalized spacial score (nSPS) is 12.6. The molecule has 0 spiro atoms. The third-order valence-electron chi connectivity index (χ3n) is 3.78. The van der Waals surface area contributed by atoms with E-state index in [1.807, 2.05) is 37.4 Å². The van der Waals surface area contributed by atoms with Gasteiger partial charge in [-0.2, -0.15) is 0 Å². The number of carbonyl (C=O) groups is 2. The van der Waals surface area contributed by atoms with Gasteiger partial charge in [-0.1, -0.05) is 18.2 Å². The Labute approximate surface area is 136 Å². The molecule has 7 heteroatoms. The number of primary amides is 1. The van der Waals surface area contributed by atoms with E-state index in [-0.39, 0.29) is 12.5 Å². The lowest BCUT2D eigenvalue weighted by molar-refractivity contribution is -0.121. The van der Waals surface area contributed by atoms with Crippen LogP contribution in [0.25, 0.3) is 21.1 Å². The quantitative estimate of drug-likeness (QED) is 0.745. The largest absolute Gasteiger partial charge is 0.382 e. The van der Waals surface area contributed by atoms with E-state index in [2.05, 4.69) is 9.88 Å². The molecule has 1 unspecified atom stereocenters. The Morgan fingerprint density at radius 3 is 2.78 bits per heavy atom. The molecule has 0 saturated carbocycles. The molecule has 2 amide bonds. The zero-order valence-corrected chi connectivity index (χ0v) is 13.6. The van der Waals surface area contributed by atoms with Crippen molar-refractivity contribution < 1.29 is 14.3 Å². The summed E-state index contributed by atoms with van der Waals surface area (Å²) in [6, 6.07) is 9.05. The van der Waals surface area contributed by atoms with Gasteiger partial charge in [-0.05, 0) is 12.1 Å². The maximum Gasteiger partial charge on any atom is 0.262 e. The lowest BCUT2D eigenvalue weighted by Crippen LogP contribution is -2.47. The first-order valence-electron chi connectivity index (χ1n) is 7.09. The molecule has 0 bridgehead atoms. The smallest absolute Gasteiger partial charge is 0.262 e. The number of rotatable bonds is 5. The van der Waals surface area contributed by atoms with Crippen LogP contribution in [0.15, 0.2) is 30.3 Å². The molecular formula is C16H17N3O3S. The van der Waals surface area contributed by atoms with Gasteiger partial charge in [-0.3, -0.25) is 9.59 Å². The molecule has 3 N–H and O–H groups in total. The monoisotopic (exact) mass is 331 g/mol. The SMILES string of the molecule is COCC(NC(=O)c1cc2c3ccccc3n(C)c2s1)C(N)=O. The van der Waals surface area contributed by atoms with Crippen molar-refractivity contribution in [3.05, 3.63) is 35.2 Å². The van der Waals surface area contributed by atoms with Crippen molar-refractivity contribution in [3.8, 4) is 0 Å². The third kappa shape index (κ3) is 2.69. The number of aryl methyl sites for hydroxylation is 1. The molecule has 3 aromatic rings. The number of methoxy groups -OCH3 is 1. The summed E-state index contributed by atoms with van der Waals surface area (Å²) in [6.07, 6.45) is 0. The zero-order valence-electron chi connectivity index (χ0n) is 12.8. The number of amides is 2. The number of nitrogens with two attached hydrogens (primary N) is 1. The summed E-state index contributed by atoms with van der Waals surface area (Å²) in [7, 11) is 3.42. The number of aromatic nitrogens is 1. The van der Waals surface area contributed by atoms with E-state index in [4.69, 9.17) is 10.5 Å². The van der Waals surface area contributed by atoms with Gasteiger partial charge in [0.1, 0.15) is 10.9 Å². The second-order valence-corrected chi connectivity index (χ2v) is 6.32. The summed E-state index contributed by atoms with van der Waals surface area (Å²) in [5.41, 5.74) is 6.39. The van der Waals surface area contributed by atoms with Crippen molar-refractivity contribution in [1.82, 2.24) is 9.88 Å². The van der Waals surface area contributed by atoms with Crippen molar-refractivity contribution in [1.29, 1.82) is 0 Å². The standard InChI is InChI=1S/C16H17N3O3S/c1-19-12-6-4-3-5-9(12)10-7-13(23-16(10)19)15(21)18-11(8-22-2)14(17)20/h3-7,11H,8H2,1-2H3,(H2,17,20)(H,18,21). The summed E-state index contributed by atoms with van der Waals surface area (Å²) >= 11 is 1.39. The number of hydrogen-bond acceptors (Lipinski definition) is 4. The molecule has 0 radical (unpaired) electrons. The van der Waals surface area contributed by atoms with Gasteiger partial charge in [0.05, 0.1) is 11.5 Å². The number of thiophene rings is 1. The zero-order chi connectivity index (χ0) is 16.6. The first kappa shape index (κ1) is 15.5. The van der Waals surface area contributed by atoms with E-state index in [1.165, 1.54) is 18.4 Å². The molecule has 2 heterocycles. The molecule has 2 aromatic heterocycles. The highest BCUT2D eigenvalue weighted by Crippen LogP contribution is 2.34. The van der Waals surface area contributed by atoms with Crippen LogP contribution in [0.1, 0.15) is 9.67 Å². The van der Waals surface area contributed by atoms with E-state index in [9.17, 15) is 9.59 Å². The van der Waals surface area contributed by atoms with Crippen LogP contribution in [0.2, 0.25) is 0 Å². The van der Waals surface area contributed by atoms with Crippen molar-refractivity contribution in [2.75, 3.05) is 13.7 Å². The van der Waals surface area contributed by atoms with Crippen molar-refractivity contribution in [3.63, 3.8) is 0 Å². The van der Waals surface area contributed by atoms with E-state index in [0.717, 1.165) is 21.1 Å². The Morgan fingerprint density at radius 2 is 2.09 bits per heavy atom. The Kier molecular flexibility index (Phi) is 4.06.